The number of aryl methyl sites for hydroxylation is 1. The predicted octanol–water partition coefficient (Wildman–Crippen LogP) is 4.32. The number of fused-ring (bicyclic) bond motifs is 1. The zero-order valence-electron chi connectivity index (χ0n) is 10.9. The maximum absolute atomic E-state index is 13.4. The summed E-state index contributed by atoms with van der Waals surface area (Å²) in [5.74, 6) is -0.370. The monoisotopic (exact) mass is 288 g/mol. The summed E-state index contributed by atoms with van der Waals surface area (Å²) in [5, 5.41) is 0.0902. The highest BCUT2D eigenvalue weighted by Crippen LogP contribution is 2.34. The van der Waals surface area contributed by atoms with Crippen molar-refractivity contribution in [2.45, 2.75) is 25.2 Å². The van der Waals surface area contributed by atoms with E-state index in [9.17, 15) is 9.18 Å². The van der Waals surface area contributed by atoms with E-state index in [0.29, 0.717) is 5.56 Å². The molecule has 3 heteroatoms. The van der Waals surface area contributed by atoms with Gasteiger partial charge in [0.15, 0.2) is 0 Å². The zero-order chi connectivity index (χ0) is 14.1. The first-order valence-electron chi connectivity index (χ1n) is 6.69. The Bertz CT molecular complexity index is 666. The summed E-state index contributed by atoms with van der Waals surface area (Å²) in [7, 11) is 0. The Morgan fingerprint density at radius 3 is 2.85 bits per heavy atom. The molecule has 1 nitrogen and oxygen atoms in total. The quantitative estimate of drug-likeness (QED) is 0.822. The van der Waals surface area contributed by atoms with Crippen molar-refractivity contribution in [1.29, 1.82) is 0 Å². The largest absolute Gasteiger partial charge is 0.299 e. The fraction of sp³-hybridized carbons (Fsp3) is 0.235. The molecule has 0 saturated heterocycles. The lowest BCUT2D eigenvalue weighted by molar-refractivity contribution is -0.119. The molecule has 0 saturated carbocycles. The lowest BCUT2D eigenvalue weighted by Crippen LogP contribution is -2.12. The van der Waals surface area contributed by atoms with Gasteiger partial charge in [0.1, 0.15) is 11.6 Å². The van der Waals surface area contributed by atoms with Gasteiger partial charge in [-0.3, -0.25) is 4.79 Å². The van der Waals surface area contributed by atoms with Gasteiger partial charge in [0.05, 0.1) is 5.02 Å². The zero-order valence-corrected chi connectivity index (χ0v) is 11.7. The van der Waals surface area contributed by atoms with Crippen molar-refractivity contribution in [3.8, 4) is 0 Å². The van der Waals surface area contributed by atoms with Crippen LogP contribution in [0, 0.1) is 5.82 Å². The van der Waals surface area contributed by atoms with Crippen LogP contribution in [0.2, 0.25) is 5.02 Å². The molecule has 0 aromatic heterocycles. The molecule has 2 aromatic rings. The third-order valence-electron chi connectivity index (χ3n) is 3.88. The minimum Gasteiger partial charge on any atom is -0.299 e. The Balaban J connectivity index is 1.79. The maximum atomic E-state index is 13.4. The fourth-order valence-electron chi connectivity index (χ4n) is 2.87. The molecule has 0 N–H and O–H groups in total. The van der Waals surface area contributed by atoms with Crippen molar-refractivity contribution in [3.05, 3.63) is 70.0 Å². The third-order valence-corrected chi connectivity index (χ3v) is 4.19. The van der Waals surface area contributed by atoms with Crippen molar-refractivity contribution in [2.75, 3.05) is 0 Å². The number of benzene rings is 2. The van der Waals surface area contributed by atoms with Gasteiger partial charge in [-0.2, -0.15) is 0 Å². The molecule has 0 aliphatic heterocycles. The average molecular weight is 289 g/mol. The van der Waals surface area contributed by atoms with E-state index >= 15 is 0 Å². The van der Waals surface area contributed by atoms with Crippen LogP contribution in [-0.4, -0.2) is 5.78 Å². The molecule has 0 heterocycles. The summed E-state index contributed by atoms with van der Waals surface area (Å²) in [5.41, 5.74) is 3.07. The van der Waals surface area contributed by atoms with Crippen LogP contribution in [0.4, 0.5) is 4.39 Å². The number of ketones is 1. The van der Waals surface area contributed by atoms with E-state index in [1.807, 2.05) is 18.2 Å². The summed E-state index contributed by atoms with van der Waals surface area (Å²) < 4.78 is 13.4. The van der Waals surface area contributed by atoms with Crippen molar-refractivity contribution < 1.29 is 9.18 Å². The maximum Gasteiger partial charge on any atom is 0.144 e. The molecule has 102 valence electrons. The van der Waals surface area contributed by atoms with Gasteiger partial charge >= 0.3 is 0 Å². The van der Waals surface area contributed by atoms with Crippen molar-refractivity contribution in [2.24, 2.45) is 0 Å². The first-order chi connectivity index (χ1) is 9.65. The molecular weight excluding hydrogens is 275 g/mol. The molecule has 1 unspecified atom stereocenters. The van der Waals surface area contributed by atoms with Gasteiger partial charge in [-0.25, -0.2) is 4.39 Å². The van der Waals surface area contributed by atoms with Gasteiger partial charge in [-0.1, -0.05) is 41.9 Å². The number of Topliss-reactive ketones (excluding diaryl/α,β-unsaturated/α-hetero) is 1. The Labute approximate surface area is 122 Å². The minimum atomic E-state index is -0.469. The second-order valence-electron chi connectivity index (χ2n) is 5.18. The Morgan fingerprint density at radius 2 is 2.05 bits per heavy atom. The fourth-order valence-corrected chi connectivity index (χ4v) is 2.98. The van der Waals surface area contributed by atoms with Gasteiger partial charge in [-0.05, 0) is 41.7 Å². The molecule has 2 aromatic carbocycles. The van der Waals surface area contributed by atoms with Crippen LogP contribution < -0.4 is 0 Å². The molecule has 0 radical (unpaired) electrons. The minimum absolute atomic E-state index is 0.0510. The second-order valence-corrected chi connectivity index (χ2v) is 5.59. The Hall–Kier alpha value is -1.67. The van der Waals surface area contributed by atoms with Crippen LogP contribution in [0.3, 0.4) is 0 Å². The first kappa shape index (κ1) is 13.3. The molecule has 0 spiro atoms. The van der Waals surface area contributed by atoms with Crippen molar-refractivity contribution in [1.82, 2.24) is 0 Å². The van der Waals surface area contributed by atoms with Crippen LogP contribution in [-0.2, 0) is 17.6 Å². The molecule has 1 atom stereocenters. The summed E-state index contributed by atoms with van der Waals surface area (Å²) in [6.07, 6.45) is 2.06. The predicted molar refractivity (Wildman–Crippen MR) is 77.6 cm³/mol. The first-order valence-corrected chi connectivity index (χ1v) is 7.07. The highest BCUT2D eigenvalue weighted by Gasteiger charge is 2.27. The number of hydrogen-bond acceptors (Lipinski definition) is 1. The van der Waals surface area contributed by atoms with Crippen LogP contribution in [0.1, 0.15) is 29.0 Å². The number of carbonyl (C=O) groups excluding carboxylic acids is 1. The molecule has 20 heavy (non-hydrogen) atoms. The number of hydrogen-bond donors (Lipinski definition) is 0. The van der Waals surface area contributed by atoms with E-state index in [1.54, 1.807) is 6.07 Å². The number of halogens is 2. The van der Waals surface area contributed by atoms with Crippen LogP contribution in [0.15, 0.2) is 42.5 Å². The van der Waals surface area contributed by atoms with Crippen LogP contribution >= 0.6 is 11.6 Å². The summed E-state index contributed by atoms with van der Waals surface area (Å²) >= 11 is 5.65. The van der Waals surface area contributed by atoms with E-state index < -0.39 is 5.82 Å². The molecule has 0 bridgehead atoms. The molecule has 1 aliphatic rings. The summed E-state index contributed by atoms with van der Waals surface area (Å²) in [4.78, 5) is 12.4. The highest BCUT2D eigenvalue weighted by molar-refractivity contribution is 6.30. The Morgan fingerprint density at radius 1 is 1.25 bits per heavy atom. The smallest absolute Gasteiger partial charge is 0.144 e. The normalized spacial score (nSPS) is 17.0. The van der Waals surface area contributed by atoms with Gasteiger partial charge in [0.25, 0.3) is 0 Å². The lowest BCUT2D eigenvalue weighted by atomic mass is 9.92. The standard InChI is InChI=1S/C17H14ClFO/c18-15-8-5-11(9-16(15)19)10-17(20)14-7-6-12-3-1-2-4-13(12)14/h1-5,8-9,14H,6-7,10H2. The lowest BCUT2D eigenvalue weighted by Gasteiger charge is -2.10. The molecular formula is C17H14ClFO. The third kappa shape index (κ3) is 2.48. The molecule has 1 aliphatic carbocycles. The summed E-state index contributed by atoms with van der Waals surface area (Å²) in [6.45, 7) is 0. The van der Waals surface area contributed by atoms with Gasteiger partial charge in [-0.15, -0.1) is 0 Å². The van der Waals surface area contributed by atoms with Crippen molar-refractivity contribution >= 4 is 17.4 Å². The van der Waals surface area contributed by atoms with E-state index in [1.165, 1.54) is 17.7 Å². The van der Waals surface area contributed by atoms with Crippen molar-refractivity contribution in [3.63, 3.8) is 0 Å². The average Bonchev–Trinajstić information content (AvgIpc) is 2.87. The topological polar surface area (TPSA) is 17.1 Å². The summed E-state index contributed by atoms with van der Waals surface area (Å²) in [6, 6.07) is 12.6. The van der Waals surface area contributed by atoms with Gasteiger partial charge in [0, 0.05) is 12.3 Å². The second kappa shape index (κ2) is 5.37. The van der Waals surface area contributed by atoms with Crippen LogP contribution in [0.25, 0.3) is 0 Å². The highest BCUT2D eigenvalue weighted by atomic mass is 35.5. The molecule has 0 amide bonds. The molecule has 3 rings (SSSR count). The SMILES string of the molecule is O=C(Cc1ccc(Cl)c(F)c1)C1CCc2ccccc21. The van der Waals surface area contributed by atoms with E-state index in [2.05, 4.69) is 6.07 Å². The van der Waals surface area contributed by atoms with Gasteiger partial charge < -0.3 is 0 Å². The molecule has 0 fully saturated rings. The van der Waals surface area contributed by atoms with E-state index in [0.717, 1.165) is 18.4 Å². The number of carbonyl (C=O) groups is 1. The van der Waals surface area contributed by atoms with E-state index in [-0.39, 0.29) is 23.1 Å². The van der Waals surface area contributed by atoms with E-state index in [4.69, 9.17) is 11.6 Å². The Kier molecular flexibility index (Phi) is 3.58. The van der Waals surface area contributed by atoms with Crippen LogP contribution in [0.5, 0.6) is 0 Å². The van der Waals surface area contributed by atoms with Gasteiger partial charge in [0.2, 0.25) is 0 Å². The number of rotatable bonds is 3.